The summed E-state index contributed by atoms with van der Waals surface area (Å²) in [6, 6.07) is -0.000765. The van der Waals surface area contributed by atoms with Gasteiger partial charge in [0, 0.05) is 30.9 Å². The molecule has 0 aromatic heterocycles. The highest BCUT2D eigenvalue weighted by atomic mass is 79.9. The molecular formula is C16H31BrN2O3S. The minimum Gasteiger partial charge on any atom is -0.340 e. The summed E-state index contributed by atoms with van der Waals surface area (Å²) in [5, 5.41) is -0.540. The number of carbonyl (C=O) groups excluding carboxylic acids is 1. The summed E-state index contributed by atoms with van der Waals surface area (Å²) < 4.78 is 28.1. The molecule has 0 saturated carbocycles. The van der Waals surface area contributed by atoms with Crippen LogP contribution in [0.25, 0.3) is 0 Å². The Morgan fingerprint density at radius 1 is 1.35 bits per heavy atom. The zero-order chi connectivity index (χ0) is 17.8. The van der Waals surface area contributed by atoms with Gasteiger partial charge in [-0.2, -0.15) is 0 Å². The minimum atomic E-state index is -3.41. The molecule has 1 aliphatic heterocycles. The SMILES string of the molecule is CC(=O)N1CCC(C)C1CC(C(C)Br)S(=O)(=O)NCCC(C)C. The summed E-state index contributed by atoms with van der Waals surface area (Å²) in [7, 11) is -3.41. The average Bonchev–Trinajstić information content (AvgIpc) is 2.75. The first-order chi connectivity index (χ1) is 10.6. The molecule has 23 heavy (non-hydrogen) atoms. The monoisotopic (exact) mass is 410 g/mol. The molecule has 0 spiro atoms. The van der Waals surface area contributed by atoms with Crippen molar-refractivity contribution < 1.29 is 13.2 Å². The lowest BCUT2D eigenvalue weighted by Gasteiger charge is -2.31. The Balaban J connectivity index is 2.83. The largest absolute Gasteiger partial charge is 0.340 e. The molecule has 7 heteroatoms. The molecule has 1 rings (SSSR count). The maximum absolute atomic E-state index is 12.7. The van der Waals surface area contributed by atoms with Crippen molar-refractivity contribution in [2.75, 3.05) is 13.1 Å². The molecule has 1 fully saturated rings. The third kappa shape index (κ3) is 6.02. The number of hydrogen-bond donors (Lipinski definition) is 1. The second kappa shape index (κ2) is 8.81. The van der Waals surface area contributed by atoms with Gasteiger partial charge in [-0.15, -0.1) is 0 Å². The van der Waals surface area contributed by atoms with E-state index in [1.165, 1.54) is 0 Å². The number of halogens is 1. The van der Waals surface area contributed by atoms with Gasteiger partial charge in [0.05, 0.1) is 5.25 Å². The van der Waals surface area contributed by atoms with E-state index in [4.69, 9.17) is 0 Å². The number of amides is 1. The molecule has 136 valence electrons. The molecule has 1 heterocycles. The lowest BCUT2D eigenvalue weighted by molar-refractivity contribution is -0.130. The molecular weight excluding hydrogens is 380 g/mol. The second-order valence-electron chi connectivity index (χ2n) is 7.12. The van der Waals surface area contributed by atoms with E-state index in [1.807, 2.05) is 11.8 Å². The van der Waals surface area contributed by atoms with E-state index in [1.54, 1.807) is 6.92 Å². The van der Waals surface area contributed by atoms with E-state index in [-0.39, 0.29) is 16.8 Å². The normalized spacial score (nSPS) is 24.9. The van der Waals surface area contributed by atoms with Crippen molar-refractivity contribution in [2.45, 2.75) is 70.0 Å². The van der Waals surface area contributed by atoms with Crippen LogP contribution in [0.5, 0.6) is 0 Å². The average molecular weight is 411 g/mol. The van der Waals surface area contributed by atoms with Crippen molar-refractivity contribution in [3.05, 3.63) is 0 Å². The summed E-state index contributed by atoms with van der Waals surface area (Å²) in [4.78, 5) is 13.5. The van der Waals surface area contributed by atoms with Crippen molar-refractivity contribution in [3.8, 4) is 0 Å². The van der Waals surface area contributed by atoms with E-state index < -0.39 is 15.3 Å². The molecule has 5 nitrogen and oxygen atoms in total. The Kier molecular flexibility index (Phi) is 8.01. The fraction of sp³-hybridized carbons (Fsp3) is 0.938. The topological polar surface area (TPSA) is 66.5 Å². The lowest BCUT2D eigenvalue weighted by atomic mass is 9.97. The van der Waals surface area contributed by atoms with Crippen LogP contribution in [0.2, 0.25) is 0 Å². The van der Waals surface area contributed by atoms with Gasteiger partial charge < -0.3 is 4.90 Å². The molecule has 1 saturated heterocycles. The highest BCUT2D eigenvalue weighted by Gasteiger charge is 2.39. The number of hydrogen-bond acceptors (Lipinski definition) is 3. The van der Waals surface area contributed by atoms with E-state index in [0.29, 0.717) is 24.8 Å². The first-order valence-corrected chi connectivity index (χ1v) is 10.9. The number of sulfonamides is 1. The quantitative estimate of drug-likeness (QED) is 0.625. The van der Waals surface area contributed by atoms with E-state index >= 15 is 0 Å². The first-order valence-electron chi connectivity index (χ1n) is 8.46. The van der Waals surface area contributed by atoms with Gasteiger partial charge in [0.15, 0.2) is 0 Å². The smallest absolute Gasteiger partial charge is 0.219 e. The highest BCUT2D eigenvalue weighted by Crippen LogP contribution is 2.31. The van der Waals surface area contributed by atoms with Crippen molar-refractivity contribution in [3.63, 3.8) is 0 Å². The van der Waals surface area contributed by atoms with Crippen LogP contribution in [-0.4, -0.2) is 48.4 Å². The van der Waals surface area contributed by atoms with E-state index in [9.17, 15) is 13.2 Å². The van der Waals surface area contributed by atoms with Gasteiger partial charge in [-0.3, -0.25) is 4.79 Å². The van der Waals surface area contributed by atoms with Crippen LogP contribution in [0.4, 0.5) is 0 Å². The predicted octanol–water partition coefficient (Wildman–Crippen LogP) is 2.75. The number of nitrogens with one attached hydrogen (secondary N) is 1. The van der Waals surface area contributed by atoms with Crippen LogP contribution >= 0.6 is 15.9 Å². The standard InChI is InChI=1S/C16H31BrN2O3S/c1-11(2)6-8-18-23(21,22)16(13(4)17)10-15-12(3)7-9-19(15)14(5)20/h11-13,15-16,18H,6-10H2,1-5H3. The van der Waals surface area contributed by atoms with Crippen LogP contribution in [-0.2, 0) is 14.8 Å². The van der Waals surface area contributed by atoms with Crippen molar-refractivity contribution in [1.29, 1.82) is 0 Å². The van der Waals surface area contributed by atoms with Gasteiger partial charge in [0.2, 0.25) is 15.9 Å². The Morgan fingerprint density at radius 2 is 1.96 bits per heavy atom. The van der Waals surface area contributed by atoms with Crippen LogP contribution in [0, 0.1) is 11.8 Å². The third-order valence-corrected chi connectivity index (χ3v) is 7.69. The van der Waals surface area contributed by atoms with Crippen LogP contribution in [0.3, 0.4) is 0 Å². The highest BCUT2D eigenvalue weighted by molar-refractivity contribution is 9.09. The first kappa shape index (κ1) is 20.9. The van der Waals surface area contributed by atoms with Gasteiger partial charge in [0.1, 0.15) is 0 Å². The maximum atomic E-state index is 12.7. The predicted molar refractivity (Wildman–Crippen MR) is 98.1 cm³/mol. The number of carbonyl (C=O) groups is 1. The maximum Gasteiger partial charge on any atom is 0.219 e. The molecule has 1 aliphatic rings. The molecule has 4 unspecified atom stereocenters. The number of alkyl halides is 1. The van der Waals surface area contributed by atoms with Gasteiger partial charge in [-0.05, 0) is 31.1 Å². The summed E-state index contributed by atoms with van der Waals surface area (Å²) in [5.41, 5.74) is 0. The van der Waals surface area contributed by atoms with Gasteiger partial charge >= 0.3 is 0 Å². The zero-order valence-electron chi connectivity index (χ0n) is 14.9. The van der Waals surface area contributed by atoms with Crippen molar-refractivity contribution in [2.24, 2.45) is 11.8 Å². The lowest BCUT2D eigenvalue weighted by Crippen LogP contribution is -2.45. The van der Waals surface area contributed by atoms with E-state index in [2.05, 4.69) is 41.4 Å². The van der Waals surface area contributed by atoms with Gasteiger partial charge in [-0.25, -0.2) is 13.1 Å². The van der Waals surface area contributed by atoms with Crippen LogP contribution in [0.1, 0.15) is 53.9 Å². The molecule has 0 aliphatic carbocycles. The molecule has 0 radical (unpaired) electrons. The van der Waals surface area contributed by atoms with Crippen LogP contribution in [0.15, 0.2) is 0 Å². The molecule has 0 aromatic rings. The van der Waals surface area contributed by atoms with Gasteiger partial charge in [-0.1, -0.05) is 43.6 Å². The van der Waals surface area contributed by atoms with Crippen molar-refractivity contribution in [1.82, 2.24) is 9.62 Å². The fourth-order valence-corrected chi connectivity index (χ4v) is 5.78. The number of nitrogens with zero attached hydrogens (tertiary/aromatic N) is 1. The Morgan fingerprint density at radius 3 is 2.43 bits per heavy atom. The Bertz CT molecular complexity index is 494. The summed E-state index contributed by atoms with van der Waals surface area (Å²) in [6.45, 7) is 10.9. The molecule has 4 atom stereocenters. The zero-order valence-corrected chi connectivity index (χ0v) is 17.3. The number of rotatable bonds is 8. The second-order valence-corrected chi connectivity index (χ2v) is 10.5. The fourth-order valence-electron chi connectivity index (χ4n) is 3.15. The Labute approximate surface area is 149 Å². The van der Waals surface area contributed by atoms with E-state index in [0.717, 1.165) is 19.4 Å². The molecule has 1 N–H and O–H groups in total. The summed E-state index contributed by atoms with van der Waals surface area (Å²) in [5.74, 6) is 0.824. The van der Waals surface area contributed by atoms with Crippen LogP contribution < -0.4 is 4.72 Å². The molecule has 0 bridgehead atoms. The number of likely N-dealkylation sites (tertiary alicyclic amines) is 1. The van der Waals surface area contributed by atoms with Gasteiger partial charge in [0.25, 0.3) is 0 Å². The minimum absolute atomic E-state index is 0.000765. The molecule has 0 aromatic carbocycles. The molecule has 1 amide bonds. The van der Waals surface area contributed by atoms with Crippen molar-refractivity contribution >= 4 is 31.9 Å². The third-order valence-electron chi connectivity index (χ3n) is 4.70. The summed E-state index contributed by atoms with van der Waals surface area (Å²) >= 11 is 3.46. The Hall–Kier alpha value is -0.140. The summed E-state index contributed by atoms with van der Waals surface area (Å²) in [6.07, 6.45) is 2.24.